The molecule has 0 radical (unpaired) electrons. The van der Waals surface area contributed by atoms with E-state index in [2.05, 4.69) is 103 Å². The number of hydrogen-bond donors (Lipinski definition) is 0. The molecule has 55 heavy (non-hydrogen) atoms. The van der Waals surface area contributed by atoms with E-state index in [1.165, 1.54) is 71.0 Å². The van der Waals surface area contributed by atoms with Crippen LogP contribution in [0.5, 0.6) is 0 Å². The average Bonchev–Trinajstić information content (AvgIpc) is 3.76. The first-order valence-corrected chi connectivity index (χ1v) is 19.4. The highest BCUT2D eigenvalue weighted by Gasteiger charge is 2.43. The summed E-state index contributed by atoms with van der Waals surface area (Å²) < 4.78 is 6.10. The SMILES string of the molecule is c1ccc(-c2nc(-c3ccc(-c4ccc(-c5ccc6c(c5)-c5ccccc5C65CCCCC5)cc4)cc3)nc(-c3ccc4oc5ccccc5c4c3)n2)cc1. The number of aromatic nitrogens is 3. The third-order valence-electron chi connectivity index (χ3n) is 12.0. The van der Waals surface area contributed by atoms with Crippen molar-refractivity contribution >= 4 is 21.9 Å². The molecule has 2 heterocycles. The Hall–Kier alpha value is -6.65. The maximum atomic E-state index is 6.10. The van der Waals surface area contributed by atoms with Crippen LogP contribution in [0.3, 0.4) is 0 Å². The molecule has 0 unspecified atom stereocenters. The summed E-state index contributed by atoms with van der Waals surface area (Å²) in [6.45, 7) is 0. The van der Waals surface area contributed by atoms with E-state index in [4.69, 9.17) is 19.4 Å². The van der Waals surface area contributed by atoms with Crippen LogP contribution in [-0.2, 0) is 5.41 Å². The lowest BCUT2D eigenvalue weighted by Gasteiger charge is -2.36. The van der Waals surface area contributed by atoms with Crippen molar-refractivity contribution in [1.82, 2.24) is 15.0 Å². The Bertz CT molecular complexity index is 2880. The predicted octanol–water partition coefficient (Wildman–Crippen LogP) is 13.3. The molecule has 1 saturated carbocycles. The summed E-state index contributed by atoms with van der Waals surface area (Å²) in [6, 6.07) is 58.3. The van der Waals surface area contributed by atoms with E-state index in [-0.39, 0.29) is 5.41 Å². The number of hydrogen-bond acceptors (Lipinski definition) is 4. The monoisotopic (exact) mass is 707 g/mol. The van der Waals surface area contributed by atoms with Gasteiger partial charge < -0.3 is 4.42 Å². The Morgan fingerprint density at radius 3 is 1.64 bits per heavy atom. The van der Waals surface area contributed by atoms with Crippen molar-refractivity contribution in [1.29, 1.82) is 0 Å². The smallest absolute Gasteiger partial charge is 0.164 e. The molecule has 0 amide bonds. The summed E-state index contributed by atoms with van der Waals surface area (Å²) in [7, 11) is 0. The second-order valence-corrected chi connectivity index (χ2v) is 15.1. The molecule has 4 nitrogen and oxygen atoms in total. The lowest BCUT2D eigenvalue weighted by molar-refractivity contribution is 0.353. The minimum atomic E-state index is 0.189. The molecule has 1 spiro atoms. The van der Waals surface area contributed by atoms with E-state index in [1.54, 1.807) is 0 Å². The van der Waals surface area contributed by atoms with Gasteiger partial charge in [-0.15, -0.1) is 0 Å². The fraction of sp³-hybridized carbons (Fsp3) is 0.118. The zero-order valence-electron chi connectivity index (χ0n) is 30.4. The molecule has 0 saturated heterocycles. The van der Waals surface area contributed by atoms with Crippen molar-refractivity contribution in [3.8, 4) is 67.5 Å². The van der Waals surface area contributed by atoms with Gasteiger partial charge in [-0.3, -0.25) is 0 Å². The molecule has 2 aliphatic rings. The molecule has 2 aliphatic carbocycles. The van der Waals surface area contributed by atoms with Gasteiger partial charge in [0, 0.05) is 32.9 Å². The molecule has 4 heteroatoms. The fourth-order valence-electron chi connectivity index (χ4n) is 9.22. The Labute approximate surface area is 320 Å². The van der Waals surface area contributed by atoms with Crippen LogP contribution in [0.4, 0.5) is 0 Å². The second-order valence-electron chi connectivity index (χ2n) is 15.1. The van der Waals surface area contributed by atoms with Gasteiger partial charge in [0.1, 0.15) is 11.2 Å². The van der Waals surface area contributed by atoms with Crippen molar-refractivity contribution in [2.24, 2.45) is 0 Å². The van der Waals surface area contributed by atoms with E-state index in [1.807, 2.05) is 60.7 Å². The van der Waals surface area contributed by atoms with Crippen LogP contribution in [0.1, 0.15) is 43.2 Å². The quantitative estimate of drug-likeness (QED) is 0.179. The largest absolute Gasteiger partial charge is 0.456 e. The first-order valence-electron chi connectivity index (χ1n) is 19.4. The molecular weight excluding hydrogens is 671 g/mol. The minimum absolute atomic E-state index is 0.189. The highest BCUT2D eigenvalue weighted by atomic mass is 16.3. The molecule has 0 aliphatic heterocycles. The summed E-state index contributed by atoms with van der Waals surface area (Å²) in [6.07, 6.45) is 6.48. The summed E-state index contributed by atoms with van der Waals surface area (Å²) in [5.41, 5.74) is 15.4. The third kappa shape index (κ3) is 5.32. The van der Waals surface area contributed by atoms with Crippen molar-refractivity contribution in [3.63, 3.8) is 0 Å². The Kier molecular flexibility index (Phi) is 7.38. The van der Waals surface area contributed by atoms with Crippen LogP contribution in [0.15, 0.2) is 168 Å². The molecule has 0 N–H and O–H groups in total. The number of furan rings is 1. The highest BCUT2D eigenvalue weighted by molar-refractivity contribution is 6.06. The van der Waals surface area contributed by atoms with Crippen LogP contribution in [0.2, 0.25) is 0 Å². The maximum Gasteiger partial charge on any atom is 0.164 e. The van der Waals surface area contributed by atoms with E-state index in [9.17, 15) is 0 Å². The second kappa shape index (κ2) is 12.7. The van der Waals surface area contributed by atoms with Crippen molar-refractivity contribution in [3.05, 3.63) is 175 Å². The standard InChI is InChI=1S/C51H37N3O/c1-3-11-36(12-4-1)48-52-49(54-50(53-48)39-26-28-47-43(32-39)41-14-6-8-16-46(41)55-47)37-23-21-34(22-24-37)33-17-19-35(20-18-33)38-25-27-45-42(31-38)40-13-5-7-15-44(40)51(45)29-9-2-10-30-51/h1,3-8,11-28,31-32H,2,9-10,29-30H2. The van der Waals surface area contributed by atoms with Gasteiger partial charge in [0.25, 0.3) is 0 Å². The highest BCUT2D eigenvalue weighted by Crippen LogP contribution is 2.56. The summed E-state index contributed by atoms with van der Waals surface area (Å²) >= 11 is 0. The summed E-state index contributed by atoms with van der Waals surface area (Å²) in [5.74, 6) is 1.90. The van der Waals surface area contributed by atoms with E-state index in [0.29, 0.717) is 17.5 Å². The number of para-hydroxylation sites is 1. The van der Waals surface area contributed by atoms with E-state index >= 15 is 0 Å². The predicted molar refractivity (Wildman–Crippen MR) is 224 cm³/mol. The molecule has 9 aromatic rings. The number of nitrogens with zero attached hydrogens (tertiary/aromatic N) is 3. The normalized spacial score (nSPS) is 14.3. The topological polar surface area (TPSA) is 51.8 Å². The van der Waals surface area contributed by atoms with Gasteiger partial charge in [-0.2, -0.15) is 0 Å². The molecule has 0 bridgehead atoms. The lowest BCUT2D eigenvalue weighted by atomic mass is 9.68. The van der Waals surface area contributed by atoms with Crippen molar-refractivity contribution < 1.29 is 4.42 Å². The first-order chi connectivity index (χ1) is 27.2. The average molecular weight is 708 g/mol. The van der Waals surface area contributed by atoms with Gasteiger partial charge in [0.2, 0.25) is 0 Å². The third-order valence-corrected chi connectivity index (χ3v) is 12.0. The number of rotatable bonds is 5. The van der Waals surface area contributed by atoms with Gasteiger partial charge >= 0.3 is 0 Å². The van der Waals surface area contributed by atoms with Crippen LogP contribution >= 0.6 is 0 Å². The van der Waals surface area contributed by atoms with Crippen molar-refractivity contribution in [2.45, 2.75) is 37.5 Å². The fourth-order valence-corrected chi connectivity index (χ4v) is 9.22. The van der Waals surface area contributed by atoms with Crippen LogP contribution in [0, 0.1) is 0 Å². The Morgan fingerprint density at radius 2 is 0.891 bits per heavy atom. The first kappa shape index (κ1) is 31.8. The zero-order valence-corrected chi connectivity index (χ0v) is 30.4. The van der Waals surface area contributed by atoms with Gasteiger partial charge in [-0.25, -0.2) is 15.0 Å². The van der Waals surface area contributed by atoms with Crippen LogP contribution in [0.25, 0.3) is 89.5 Å². The Morgan fingerprint density at radius 1 is 0.364 bits per heavy atom. The van der Waals surface area contributed by atoms with E-state index < -0.39 is 0 Å². The van der Waals surface area contributed by atoms with Crippen LogP contribution < -0.4 is 0 Å². The molecular formula is C51H37N3O. The van der Waals surface area contributed by atoms with Crippen LogP contribution in [-0.4, -0.2) is 15.0 Å². The van der Waals surface area contributed by atoms with Crippen molar-refractivity contribution in [2.75, 3.05) is 0 Å². The zero-order chi connectivity index (χ0) is 36.3. The molecule has 0 atom stereocenters. The molecule has 2 aromatic heterocycles. The maximum absolute atomic E-state index is 6.10. The molecule has 1 fully saturated rings. The van der Waals surface area contributed by atoms with Gasteiger partial charge in [-0.1, -0.05) is 153 Å². The summed E-state index contributed by atoms with van der Waals surface area (Å²) in [5, 5.41) is 2.12. The number of benzene rings is 7. The summed E-state index contributed by atoms with van der Waals surface area (Å²) in [4.78, 5) is 15.0. The molecule has 7 aromatic carbocycles. The van der Waals surface area contributed by atoms with Gasteiger partial charge in [-0.05, 0) is 87.7 Å². The Balaban J connectivity index is 0.912. The molecule has 11 rings (SSSR count). The van der Waals surface area contributed by atoms with Gasteiger partial charge in [0.15, 0.2) is 17.5 Å². The lowest BCUT2D eigenvalue weighted by Crippen LogP contribution is -2.27. The number of fused-ring (bicyclic) bond motifs is 8. The van der Waals surface area contributed by atoms with Gasteiger partial charge in [0.05, 0.1) is 0 Å². The minimum Gasteiger partial charge on any atom is -0.456 e. The van der Waals surface area contributed by atoms with E-state index in [0.717, 1.165) is 44.2 Å². The molecule has 262 valence electrons.